The van der Waals surface area contributed by atoms with Crippen LogP contribution in [0.5, 0.6) is 0 Å². The quantitative estimate of drug-likeness (QED) is 0.401. The average Bonchev–Trinajstić information content (AvgIpc) is 2.25. The molecule has 4 bridgehead atoms. The Kier molecular flexibility index (Phi) is 2.76. The summed E-state index contributed by atoms with van der Waals surface area (Å²) in [4.78, 5) is 21.6. The number of hydrazone groups is 1. The number of hydrogen-bond donors (Lipinski definition) is 3. The van der Waals surface area contributed by atoms with Gasteiger partial charge in [0, 0.05) is 0 Å². The first kappa shape index (κ1) is 12.4. The molecule has 0 amide bonds. The van der Waals surface area contributed by atoms with E-state index in [1.807, 2.05) is 0 Å². The van der Waals surface area contributed by atoms with E-state index in [1.54, 1.807) is 0 Å². The molecule has 0 radical (unpaired) electrons. The van der Waals surface area contributed by atoms with Gasteiger partial charge in [0.1, 0.15) is 0 Å². The first-order valence-electron chi connectivity index (χ1n) is 6.79. The lowest BCUT2D eigenvalue weighted by Gasteiger charge is -2.56. The second kappa shape index (κ2) is 4.21. The number of hydrogen-bond acceptors (Lipinski definition) is 4. The molecule has 0 aromatic carbocycles. The van der Waals surface area contributed by atoms with Gasteiger partial charge in [0.25, 0.3) is 5.71 Å². The third-order valence-corrected chi connectivity index (χ3v) is 4.85. The molecule has 3 N–H and O–H groups in total. The topological polar surface area (TPSA) is 99.0 Å². The average molecular weight is 266 g/mol. The summed E-state index contributed by atoms with van der Waals surface area (Å²) >= 11 is 0. The molecule has 19 heavy (non-hydrogen) atoms. The number of nitrogens with one attached hydrogen (secondary N) is 1. The highest BCUT2D eigenvalue weighted by molar-refractivity contribution is 6.61. The molecule has 104 valence electrons. The van der Waals surface area contributed by atoms with Crippen LogP contribution in [0.25, 0.3) is 0 Å². The summed E-state index contributed by atoms with van der Waals surface area (Å²) in [5, 5.41) is 21.3. The molecule has 0 saturated heterocycles. The maximum Gasteiger partial charge on any atom is 0.363 e. The molecule has 0 heterocycles. The Morgan fingerprint density at radius 2 is 1.37 bits per heavy atom. The van der Waals surface area contributed by atoms with Crippen molar-refractivity contribution in [2.45, 2.75) is 44.1 Å². The molecule has 4 rings (SSSR count). The molecule has 4 fully saturated rings. The van der Waals surface area contributed by atoms with E-state index in [0.717, 1.165) is 19.3 Å². The van der Waals surface area contributed by atoms with Gasteiger partial charge in [-0.25, -0.2) is 9.59 Å². The monoisotopic (exact) mass is 266 g/mol. The van der Waals surface area contributed by atoms with Crippen LogP contribution in [-0.2, 0) is 9.59 Å². The second-order valence-electron chi connectivity index (χ2n) is 6.38. The Hall–Kier alpha value is -1.59. The molecule has 6 nitrogen and oxygen atoms in total. The van der Waals surface area contributed by atoms with E-state index in [4.69, 9.17) is 10.2 Å². The number of nitrogens with zero attached hydrogens (tertiary/aromatic N) is 1. The van der Waals surface area contributed by atoms with Crippen LogP contribution in [0.2, 0.25) is 0 Å². The Balaban J connectivity index is 1.77. The van der Waals surface area contributed by atoms with Crippen LogP contribution in [-0.4, -0.2) is 33.4 Å². The van der Waals surface area contributed by atoms with Crippen molar-refractivity contribution in [2.75, 3.05) is 0 Å². The zero-order valence-corrected chi connectivity index (χ0v) is 10.6. The summed E-state index contributed by atoms with van der Waals surface area (Å²) < 4.78 is 0. The number of rotatable bonds is 4. The zero-order chi connectivity index (χ0) is 13.6. The molecule has 0 unspecified atom stereocenters. The fourth-order valence-electron chi connectivity index (χ4n) is 4.61. The molecule has 6 heteroatoms. The van der Waals surface area contributed by atoms with Crippen molar-refractivity contribution in [3.63, 3.8) is 0 Å². The standard InChI is InChI=1S/C13H18N2O4/c16-11(17)10(12(18)19)14-15-13-4-7-1-8(5-13)3-9(2-7)6-13/h7-9,15H,1-6H2,(H,16,17)(H,18,19). The molecule has 0 spiro atoms. The number of carbonyl (C=O) groups is 2. The summed E-state index contributed by atoms with van der Waals surface area (Å²) in [5.74, 6) is -0.888. The number of carboxylic acids is 2. The lowest BCUT2D eigenvalue weighted by molar-refractivity contribution is -0.134. The molecule has 4 saturated carbocycles. The van der Waals surface area contributed by atoms with Crippen molar-refractivity contribution in [3.05, 3.63) is 0 Å². The van der Waals surface area contributed by atoms with E-state index in [2.05, 4.69) is 10.5 Å². The fraction of sp³-hybridized carbons (Fsp3) is 0.769. The summed E-state index contributed by atoms with van der Waals surface area (Å²) in [6.45, 7) is 0. The molecule has 4 aliphatic rings. The van der Waals surface area contributed by atoms with Gasteiger partial charge in [0.05, 0.1) is 5.54 Å². The third kappa shape index (κ3) is 2.19. The van der Waals surface area contributed by atoms with Gasteiger partial charge in [-0.15, -0.1) is 0 Å². The maximum atomic E-state index is 10.8. The van der Waals surface area contributed by atoms with Crippen LogP contribution < -0.4 is 5.43 Å². The molecular weight excluding hydrogens is 248 g/mol. The Bertz CT molecular complexity index is 406. The summed E-state index contributed by atoms with van der Waals surface area (Å²) in [5.41, 5.74) is 1.93. The minimum atomic E-state index is -1.50. The third-order valence-electron chi connectivity index (χ3n) is 4.85. The molecule has 0 aliphatic heterocycles. The Morgan fingerprint density at radius 3 is 1.74 bits per heavy atom. The van der Waals surface area contributed by atoms with Crippen LogP contribution in [0, 0.1) is 17.8 Å². The van der Waals surface area contributed by atoms with Crippen LogP contribution >= 0.6 is 0 Å². The van der Waals surface area contributed by atoms with E-state index in [-0.39, 0.29) is 5.54 Å². The molecule has 0 aromatic rings. The van der Waals surface area contributed by atoms with Gasteiger partial charge in [-0.3, -0.25) is 0 Å². The largest absolute Gasteiger partial charge is 0.476 e. The number of aliphatic carboxylic acids is 2. The lowest BCUT2D eigenvalue weighted by atomic mass is 9.53. The Labute approximate surface area is 110 Å². The highest BCUT2D eigenvalue weighted by Gasteiger charge is 2.51. The number of carboxylic acid groups (broad SMARTS) is 2. The summed E-state index contributed by atoms with van der Waals surface area (Å²) in [6, 6.07) is 0. The van der Waals surface area contributed by atoms with Crippen molar-refractivity contribution < 1.29 is 19.8 Å². The van der Waals surface area contributed by atoms with Gasteiger partial charge in [0.15, 0.2) is 0 Å². The predicted octanol–water partition coefficient (Wildman–Crippen LogP) is 1.07. The smallest absolute Gasteiger partial charge is 0.363 e. The lowest BCUT2D eigenvalue weighted by Crippen LogP contribution is -2.57. The second-order valence-corrected chi connectivity index (χ2v) is 6.38. The first-order chi connectivity index (χ1) is 8.97. The molecule has 0 aromatic heterocycles. The van der Waals surface area contributed by atoms with Crippen molar-refractivity contribution >= 4 is 17.7 Å². The minimum absolute atomic E-state index is 0.162. The highest BCUT2D eigenvalue weighted by atomic mass is 16.4. The van der Waals surface area contributed by atoms with E-state index < -0.39 is 17.7 Å². The highest BCUT2D eigenvalue weighted by Crippen LogP contribution is 2.55. The van der Waals surface area contributed by atoms with Crippen LogP contribution in [0.3, 0.4) is 0 Å². The summed E-state index contributed by atoms with van der Waals surface area (Å²) in [7, 11) is 0. The van der Waals surface area contributed by atoms with E-state index in [0.29, 0.717) is 17.8 Å². The van der Waals surface area contributed by atoms with Gasteiger partial charge in [-0.05, 0) is 56.3 Å². The van der Waals surface area contributed by atoms with Crippen molar-refractivity contribution in [1.29, 1.82) is 0 Å². The van der Waals surface area contributed by atoms with Gasteiger partial charge >= 0.3 is 11.9 Å². The molecular formula is C13H18N2O4. The van der Waals surface area contributed by atoms with Crippen molar-refractivity contribution in [3.8, 4) is 0 Å². The van der Waals surface area contributed by atoms with E-state index >= 15 is 0 Å². The normalized spacial score (nSPS) is 38.8. The minimum Gasteiger partial charge on any atom is -0.476 e. The first-order valence-corrected chi connectivity index (χ1v) is 6.79. The Morgan fingerprint density at radius 1 is 0.947 bits per heavy atom. The maximum absolute atomic E-state index is 10.8. The van der Waals surface area contributed by atoms with Crippen molar-refractivity contribution in [2.24, 2.45) is 22.9 Å². The molecule has 0 atom stereocenters. The van der Waals surface area contributed by atoms with E-state index in [1.165, 1.54) is 19.3 Å². The van der Waals surface area contributed by atoms with Crippen LogP contribution in [0.1, 0.15) is 38.5 Å². The van der Waals surface area contributed by atoms with Gasteiger partial charge in [0.2, 0.25) is 0 Å². The SMILES string of the molecule is O=C(O)C(=NNC12CC3CC(CC(C3)C1)C2)C(=O)O. The van der Waals surface area contributed by atoms with Gasteiger partial charge < -0.3 is 15.6 Å². The van der Waals surface area contributed by atoms with Crippen LogP contribution in [0.15, 0.2) is 5.10 Å². The summed E-state index contributed by atoms with van der Waals surface area (Å²) in [6.07, 6.45) is 6.80. The van der Waals surface area contributed by atoms with Crippen molar-refractivity contribution in [1.82, 2.24) is 5.43 Å². The van der Waals surface area contributed by atoms with Gasteiger partial charge in [-0.2, -0.15) is 5.10 Å². The molecule has 4 aliphatic carbocycles. The predicted molar refractivity (Wildman–Crippen MR) is 66.7 cm³/mol. The fourth-order valence-corrected chi connectivity index (χ4v) is 4.61. The van der Waals surface area contributed by atoms with Gasteiger partial charge in [-0.1, -0.05) is 0 Å². The van der Waals surface area contributed by atoms with Crippen LogP contribution in [0.4, 0.5) is 0 Å². The zero-order valence-electron chi connectivity index (χ0n) is 10.6. The van der Waals surface area contributed by atoms with E-state index in [9.17, 15) is 9.59 Å².